The summed E-state index contributed by atoms with van der Waals surface area (Å²) in [6.45, 7) is 3.87. The van der Waals surface area contributed by atoms with Gasteiger partial charge in [0.1, 0.15) is 0 Å². The zero-order valence-corrected chi connectivity index (χ0v) is 9.74. The van der Waals surface area contributed by atoms with Crippen LogP contribution < -0.4 is 4.90 Å². The molecule has 4 heteroatoms. The van der Waals surface area contributed by atoms with Gasteiger partial charge in [0.05, 0.1) is 12.6 Å². The minimum absolute atomic E-state index is 0.255. The molecule has 15 heavy (non-hydrogen) atoms. The Labute approximate surface area is 95.1 Å². The van der Waals surface area contributed by atoms with Crippen molar-refractivity contribution in [3.8, 4) is 0 Å². The van der Waals surface area contributed by atoms with Crippen LogP contribution in [0.3, 0.4) is 0 Å². The highest BCUT2D eigenvalue weighted by molar-refractivity contribution is 7.96. The van der Waals surface area contributed by atoms with Gasteiger partial charge >= 0.3 is 0 Å². The number of hydrogen-bond acceptors (Lipinski definition) is 2. The van der Waals surface area contributed by atoms with E-state index >= 15 is 0 Å². The number of aliphatic hydroxyl groups is 1. The van der Waals surface area contributed by atoms with Gasteiger partial charge in [-0.3, -0.25) is 4.79 Å². The monoisotopic (exact) mass is 225 g/mol. The molecule has 82 valence electrons. The average Bonchev–Trinajstić information content (AvgIpc) is 2.15. The van der Waals surface area contributed by atoms with Gasteiger partial charge in [0, 0.05) is 5.69 Å². The Bertz CT molecular complexity index is 335. The molecular formula is C11H15NO2S. The van der Waals surface area contributed by atoms with Crippen LogP contribution in [-0.4, -0.2) is 23.0 Å². The molecule has 3 nitrogen and oxygen atoms in total. The molecule has 0 saturated heterocycles. The van der Waals surface area contributed by atoms with Crippen molar-refractivity contribution < 1.29 is 9.90 Å². The molecule has 0 unspecified atom stereocenters. The van der Waals surface area contributed by atoms with E-state index in [1.807, 2.05) is 31.2 Å². The first-order valence-corrected chi connectivity index (χ1v) is 5.20. The number of amides is 1. The van der Waals surface area contributed by atoms with Gasteiger partial charge in [-0.15, -0.1) is 0 Å². The van der Waals surface area contributed by atoms with Crippen LogP contribution in [0.5, 0.6) is 0 Å². The molecule has 1 aromatic carbocycles. The second-order valence-electron chi connectivity index (χ2n) is 3.58. The first kappa shape index (κ1) is 12.1. The van der Waals surface area contributed by atoms with E-state index in [-0.39, 0.29) is 11.8 Å². The van der Waals surface area contributed by atoms with Gasteiger partial charge in [-0.2, -0.15) is 0 Å². The van der Waals surface area contributed by atoms with E-state index in [0.717, 1.165) is 11.3 Å². The second-order valence-corrected chi connectivity index (χ2v) is 3.96. The van der Waals surface area contributed by atoms with Gasteiger partial charge in [-0.25, -0.2) is 0 Å². The van der Waals surface area contributed by atoms with Crippen molar-refractivity contribution in [1.82, 2.24) is 0 Å². The third-order valence-electron chi connectivity index (χ3n) is 2.02. The standard InChI is InChI=1S/C11H15NO2S/c1-8-3-5-10(6-4-8)12(11(14)15)7-9(2)13/h3-6,9,13H,7H2,1-2H3,(H,14,15)/t9-/m1/s1. The number of benzene rings is 1. The first-order valence-electron chi connectivity index (χ1n) is 4.76. The van der Waals surface area contributed by atoms with E-state index in [1.54, 1.807) is 6.92 Å². The van der Waals surface area contributed by atoms with Crippen LogP contribution in [0, 0.1) is 6.92 Å². The summed E-state index contributed by atoms with van der Waals surface area (Å²) in [7, 11) is 0. The summed E-state index contributed by atoms with van der Waals surface area (Å²) < 4.78 is 0. The maximum Gasteiger partial charge on any atom is 0.283 e. The normalized spacial score (nSPS) is 12.3. The van der Waals surface area contributed by atoms with E-state index < -0.39 is 6.10 Å². The molecule has 0 aromatic heterocycles. The molecule has 0 fully saturated rings. The quantitative estimate of drug-likeness (QED) is 0.774. The highest BCUT2D eigenvalue weighted by Gasteiger charge is 2.13. The molecule has 1 aromatic rings. The maximum absolute atomic E-state index is 11.2. The second kappa shape index (κ2) is 5.19. The Balaban J connectivity index is 2.89. The molecule has 0 heterocycles. The molecule has 1 atom stereocenters. The highest BCUT2D eigenvalue weighted by atomic mass is 32.1. The number of rotatable bonds is 3. The molecule has 0 saturated carbocycles. The van der Waals surface area contributed by atoms with Gasteiger partial charge < -0.3 is 10.0 Å². The largest absolute Gasteiger partial charge is 0.392 e. The molecule has 0 spiro atoms. The molecular weight excluding hydrogens is 210 g/mol. The van der Waals surface area contributed by atoms with E-state index in [2.05, 4.69) is 12.6 Å². The SMILES string of the molecule is Cc1ccc(N(C[C@@H](C)O)C(=O)S)cc1. The van der Waals surface area contributed by atoms with Crippen molar-refractivity contribution in [2.45, 2.75) is 20.0 Å². The van der Waals surface area contributed by atoms with Gasteiger partial charge in [-0.05, 0) is 26.0 Å². The predicted octanol–water partition coefficient (Wildman–Crippen LogP) is 2.23. The molecule has 1 N–H and O–H groups in total. The van der Waals surface area contributed by atoms with Crippen LogP contribution in [0.25, 0.3) is 0 Å². The zero-order chi connectivity index (χ0) is 11.4. The number of carbonyl (C=O) groups excluding carboxylic acids is 1. The lowest BCUT2D eigenvalue weighted by Crippen LogP contribution is -2.33. The number of aryl methyl sites for hydroxylation is 1. The Morgan fingerprint density at radius 2 is 2.00 bits per heavy atom. The number of nitrogens with zero attached hydrogens (tertiary/aromatic N) is 1. The molecule has 0 bridgehead atoms. The maximum atomic E-state index is 11.2. The van der Waals surface area contributed by atoms with Crippen LogP contribution >= 0.6 is 12.6 Å². The van der Waals surface area contributed by atoms with Crippen LogP contribution in [0.2, 0.25) is 0 Å². The fraction of sp³-hybridized carbons (Fsp3) is 0.364. The van der Waals surface area contributed by atoms with Crippen LogP contribution in [-0.2, 0) is 0 Å². The lowest BCUT2D eigenvalue weighted by atomic mass is 10.2. The van der Waals surface area contributed by atoms with Crippen LogP contribution in [0.4, 0.5) is 10.5 Å². The lowest BCUT2D eigenvalue weighted by molar-refractivity contribution is 0.199. The summed E-state index contributed by atoms with van der Waals surface area (Å²) >= 11 is 3.78. The fourth-order valence-corrected chi connectivity index (χ4v) is 1.48. The summed E-state index contributed by atoms with van der Waals surface area (Å²) in [5, 5.41) is 8.90. The van der Waals surface area contributed by atoms with E-state index in [0.29, 0.717) is 0 Å². The van der Waals surface area contributed by atoms with E-state index in [9.17, 15) is 9.90 Å². The van der Waals surface area contributed by atoms with Crippen molar-refractivity contribution in [2.24, 2.45) is 0 Å². The first-order chi connectivity index (χ1) is 7.00. The molecule has 0 aliphatic rings. The van der Waals surface area contributed by atoms with Gasteiger partial charge in [0.25, 0.3) is 5.24 Å². The zero-order valence-electron chi connectivity index (χ0n) is 8.84. The summed E-state index contributed by atoms with van der Waals surface area (Å²) in [4.78, 5) is 12.7. The Morgan fingerprint density at radius 3 is 2.40 bits per heavy atom. The molecule has 1 rings (SSSR count). The summed E-state index contributed by atoms with van der Waals surface area (Å²) in [6, 6.07) is 7.51. The number of anilines is 1. The van der Waals surface area contributed by atoms with Crippen molar-refractivity contribution in [1.29, 1.82) is 0 Å². The smallest absolute Gasteiger partial charge is 0.283 e. The predicted molar refractivity (Wildman–Crippen MR) is 64.6 cm³/mol. The van der Waals surface area contributed by atoms with Crippen molar-refractivity contribution in [3.05, 3.63) is 29.8 Å². The number of thiol groups is 1. The van der Waals surface area contributed by atoms with Crippen molar-refractivity contribution in [2.75, 3.05) is 11.4 Å². The summed E-state index contributed by atoms with van der Waals surface area (Å²) in [6.07, 6.45) is -0.567. The molecule has 0 aliphatic heterocycles. The minimum Gasteiger partial charge on any atom is -0.392 e. The van der Waals surface area contributed by atoms with Gasteiger partial charge in [0.2, 0.25) is 0 Å². The number of aliphatic hydroxyl groups excluding tert-OH is 1. The third kappa shape index (κ3) is 3.57. The van der Waals surface area contributed by atoms with Gasteiger partial charge in [-0.1, -0.05) is 30.3 Å². The van der Waals surface area contributed by atoms with Crippen molar-refractivity contribution >= 4 is 23.6 Å². The Kier molecular flexibility index (Phi) is 4.17. The van der Waals surface area contributed by atoms with E-state index in [4.69, 9.17) is 0 Å². The highest BCUT2D eigenvalue weighted by Crippen LogP contribution is 2.17. The summed E-state index contributed by atoms with van der Waals surface area (Å²) in [5.74, 6) is 0. The number of carbonyl (C=O) groups is 1. The number of hydrogen-bond donors (Lipinski definition) is 2. The minimum atomic E-state index is -0.567. The molecule has 0 radical (unpaired) electrons. The van der Waals surface area contributed by atoms with Crippen LogP contribution in [0.1, 0.15) is 12.5 Å². The van der Waals surface area contributed by atoms with E-state index in [1.165, 1.54) is 4.90 Å². The van der Waals surface area contributed by atoms with Crippen molar-refractivity contribution in [3.63, 3.8) is 0 Å². The average molecular weight is 225 g/mol. The summed E-state index contributed by atoms with van der Waals surface area (Å²) in [5.41, 5.74) is 1.88. The Morgan fingerprint density at radius 1 is 1.47 bits per heavy atom. The lowest BCUT2D eigenvalue weighted by Gasteiger charge is -2.21. The Hall–Kier alpha value is -1.00. The fourth-order valence-electron chi connectivity index (χ4n) is 1.28. The molecule has 1 amide bonds. The van der Waals surface area contributed by atoms with Crippen LogP contribution in [0.15, 0.2) is 24.3 Å². The van der Waals surface area contributed by atoms with Gasteiger partial charge in [0.15, 0.2) is 0 Å². The topological polar surface area (TPSA) is 40.5 Å². The molecule has 0 aliphatic carbocycles. The third-order valence-corrected chi connectivity index (χ3v) is 2.26.